The summed E-state index contributed by atoms with van der Waals surface area (Å²) in [6.07, 6.45) is -4.28. The van der Waals surface area contributed by atoms with Crippen LogP contribution in [0.3, 0.4) is 0 Å². The highest BCUT2D eigenvalue weighted by Gasteiger charge is 2.33. The lowest BCUT2D eigenvalue weighted by atomic mass is 10.1. The Balaban J connectivity index is 2.88. The second-order valence-corrected chi connectivity index (χ2v) is 5.72. The number of carbonyl (C=O) groups excluding carboxylic acids is 1. The van der Waals surface area contributed by atoms with Gasteiger partial charge in [0.25, 0.3) is 0 Å². The van der Waals surface area contributed by atoms with Crippen molar-refractivity contribution in [3.8, 4) is 0 Å². The molecule has 1 heterocycles. The normalized spacial score (nSPS) is 13.9. The number of alkyl halides is 3. The minimum atomic E-state index is -4.53. The van der Waals surface area contributed by atoms with Crippen LogP contribution in [0.25, 0.3) is 0 Å². The molecule has 0 bridgehead atoms. The van der Waals surface area contributed by atoms with E-state index in [2.05, 4.69) is 20.7 Å². The third-order valence-corrected chi connectivity index (χ3v) is 2.74. The molecule has 1 atom stereocenters. The van der Waals surface area contributed by atoms with Crippen LogP contribution in [0.15, 0.2) is 11.1 Å². The van der Waals surface area contributed by atoms with Crippen molar-refractivity contribution in [3.63, 3.8) is 0 Å². The van der Waals surface area contributed by atoms with E-state index in [0.717, 1.165) is 6.07 Å². The average molecular weight is 349 g/mol. The number of aliphatic imine (C=N–C) groups is 1. The van der Waals surface area contributed by atoms with Crippen LogP contribution in [0.1, 0.15) is 32.9 Å². The van der Waals surface area contributed by atoms with Gasteiger partial charge in [0.1, 0.15) is 5.69 Å². The van der Waals surface area contributed by atoms with E-state index in [9.17, 15) is 18.0 Å². The fraction of sp³-hybridized carbons (Fsp3) is 0.643. The topological polar surface area (TPSA) is 91.4 Å². The highest BCUT2D eigenvalue weighted by molar-refractivity contribution is 6.03. The number of methoxy groups -OCH3 is 1. The molecule has 1 amide bonds. The molecule has 0 saturated carbocycles. The molecule has 0 aromatic carbocycles. The molecule has 1 aromatic rings. The molecule has 0 fully saturated rings. The molecule has 0 spiro atoms. The van der Waals surface area contributed by atoms with Gasteiger partial charge in [0.2, 0.25) is 11.9 Å². The molecular weight excluding hydrogens is 327 g/mol. The minimum absolute atomic E-state index is 0.0189. The Morgan fingerprint density at radius 3 is 2.58 bits per heavy atom. The van der Waals surface area contributed by atoms with Crippen molar-refractivity contribution in [1.29, 1.82) is 0 Å². The molecule has 136 valence electrons. The molecule has 1 rings (SSSR count). The highest BCUT2D eigenvalue weighted by Crippen LogP contribution is 2.28. The summed E-state index contributed by atoms with van der Waals surface area (Å²) >= 11 is 0. The number of H-pyrrole nitrogens is 1. The SMILES string of the molecule is COCC(C)N=C(NC(=O)CC(C)C)Nc1cc(C(F)(F)F)[nH]n1. The lowest BCUT2D eigenvalue weighted by molar-refractivity contribution is -0.141. The average Bonchev–Trinajstić information content (AvgIpc) is 2.86. The van der Waals surface area contributed by atoms with E-state index in [1.165, 1.54) is 7.11 Å². The van der Waals surface area contributed by atoms with Crippen LogP contribution in [-0.2, 0) is 15.7 Å². The molecule has 10 heteroatoms. The maximum atomic E-state index is 12.6. The molecule has 24 heavy (non-hydrogen) atoms. The Bertz CT molecular complexity index is 569. The molecule has 1 aromatic heterocycles. The van der Waals surface area contributed by atoms with Gasteiger partial charge in [0.15, 0.2) is 5.82 Å². The van der Waals surface area contributed by atoms with Gasteiger partial charge in [-0.2, -0.15) is 18.3 Å². The van der Waals surface area contributed by atoms with Crippen LogP contribution in [-0.4, -0.2) is 41.8 Å². The van der Waals surface area contributed by atoms with Gasteiger partial charge in [0.05, 0.1) is 12.6 Å². The summed E-state index contributed by atoms with van der Waals surface area (Å²) in [5, 5.41) is 10.5. The Morgan fingerprint density at radius 2 is 2.08 bits per heavy atom. The monoisotopic (exact) mass is 349 g/mol. The van der Waals surface area contributed by atoms with E-state index in [4.69, 9.17) is 4.74 Å². The largest absolute Gasteiger partial charge is 0.432 e. The lowest BCUT2D eigenvalue weighted by Gasteiger charge is -2.13. The number of anilines is 1. The van der Waals surface area contributed by atoms with Crippen LogP contribution in [0.4, 0.5) is 19.0 Å². The van der Waals surface area contributed by atoms with Gasteiger partial charge in [0, 0.05) is 19.6 Å². The predicted octanol–water partition coefficient (Wildman–Crippen LogP) is 2.39. The van der Waals surface area contributed by atoms with Crippen LogP contribution in [0, 0.1) is 5.92 Å². The summed E-state index contributed by atoms with van der Waals surface area (Å²) in [5.74, 6) is -0.252. The number of aromatic amines is 1. The number of halogens is 3. The van der Waals surface area contributed by atoms with Crippen LogP contribution < -0.4 is 10.6 Å². The fourth-order valence-electron chi connectivity index (χ4n) is 1.80. The summed E-state index contributed by atoms with van der Waals surface area (Å²) in [5.41, 5.74) is -0.997. The quantitative estimate of drug-likeness (QED) is 0.543. The number of nitrogens with zero attached hydrogens (tertiary/aromatic N) is 2. The summed E-state index contributed by atoms with van der Waals surface area (Å²) in [4.78, 5) is 16.1. The van der Waals surface area contributed by atoms with E-state index in [-0.39, 0.29) is 36.1 Å². The summed E-state index contributed by atoms with van der Waals surface area (Å²) in [6.45, 7) is 5.78. The third-order valence-electron chi connectivity index (χ3n) is 2.74. The van der Waals surface area contributed by atoms with Gasteiger partial charge < -0.3 is 10.1 Å². The molecule has 0 aliphatic heterocycles. The maximum Gasteiger partial charge on any atom is 0.432 e. The minimum Gasteiger partial charge on any atom is -0.382 e. The van der Waals surface area contributed by atoms with E-state index in [1.807, 2.05) is 18.9 Å². The predicted molar refractivity (Wildman–Crippen MR) is 83.6 cm³/mol. The van der Waals surface area contributed by atoms with E-state index in [1.54, 1.807) is 6.92 Å². The summed E-state index contributed by atoms with van der Waals surface area (Å²) < 4.78 is 42.7. The Hall–Kier alpha value is -2.10. The number of aromatic nitrogens is 2. The van der Waals surface area contributed by atoms with E-state index in [0.29, 0.717) is 6.61 Å². The van der Waals surface area contributed by atoms with Gasteiger partial charge in [-0.15, -0.1) is 0 Å². The maximum absolute atomic E-state index is 12.6. The van der Waals surface area contributed by atoms with Gasteiger partial charge in [-0.05, 0) is 12.8 Å². The number of rotatable bonds is 6. The fourth-order valence-corrected chi connectivity index (χ4v) is 1.80. The molecular formula is C14H22F3N5O2. The van der Waals surface area contributed by atoms with Crippen molar-refractivity contribution in [1.82, 2.24) is 15.5 Å². The Kier molecular flexibility index (Phi) is 7.20. The zero-order valence-electron chi connectivity index (χ0n) is 14.0. The van der Waals surface area contributed by atoms with Crippen molar-refractivity contribution >= 4 is 17.7 Å². The van der Waals surface area contributed by atoms with Crippen molar-refractivity contribution in [2.24, 2.45) is 10.9 Å². The standard InChI is InChI=1S/C14H22F3N5O2/c1-8(2)5-12(23)20-13(18-9(3)7-24-4)19-11-6-10(21-22-11)14(15,16)17/h6,8-9H,5,7H2,1-4H3,(H3,18,19,20,21,22,23). The van der Waals surface area contributed by atoms with Crippen molar-refractivity contribution < 1.29 is 22.7 Å². The first-order valence-corrected chi connectivity index (χ1v) is 7.38. The lowest BCUT2D eigenvalue weighted by Crippen LogP contribution is -2.37. The van der Waals surface area contributed by atoms with Crippen LogP contribution >= 0.6 is 0 Å². The second kappa shape index (κ2) is 8.67. The second-order valence-electron chi connectivity index (χ2n) is 5.72. The number of ether oxygens (including phenoxy) is 1. The first-order chi connectivity index (χ1) is 11.1. The number of amides is 1. The van der Waals surface area contributed by atoms with Gasteiger partial charge in [-0.3, -0.25) is 15.2 Å². The Labute approximate surface area is 138 Å². The zero-order valence-corrected chi connectivity index (χ0v) is 14.0. The number of hydrogen-bond acceptors (Lipinski definition) is 4. The molecule has 0 aliphatic rings. The summed E-state index contributed by atoms with van der Waals surface area (Å²) in [6, 6.07) is 0.489. The molecule has 0 saturated heterocycles. The molecule has 7 nitrogen and oxygen atoms in total. The first-order valence-electron chi connectivity index (χ1n) is 7.38. The zero-order chi connectivity index (χ0) is 18.3. The van der Waals surface area contributed by atoms with E-state index >= 15 is 0 Å². The smallest absolute Gasteiger partial charge is 0.382 e. The van der Waals surface area contributed by atoms with E-state index < -0.39 is 11.9 Å². The highest BCUT2D eigenvalue weighted by atomic mass is 19.4. The summed E-state index contributed by atoms with van der Waals surface area (Å²) in [7, 11) is 1.50. The number of nitrogens with one attached hydrogen (secondary N) is 3. The van der Waals surface area contributed by atoms with Gasteiger partial charge in [-0.1, -0.05) is 13.8 Å². The number of guanidine groups is 1. The van der Waals surface area contributed by atoms with Crippen molar-refractivity contribution in [2.45, 2.75) is 39.4 Å². The van der Waals surface area contributed by atoms with Crippen LogP contribution in [0.5, 0.6) is 0 Å². The molecule has 1 unspecified atom stereocenters. The molecule has 0 aliphatic carbocycles. The van der Waals surface area contributed by atoms with Crippen molar-refractivity contribution in [3.05, 3.63) is 11.8 Å². The Morgan fingerprint density at radius 1 is 1.42 bits per heavy atom. The molecule has 0 radical (unpaired) electrons. The number of carbonyl (C=O) groups is 1. The molecule has 3 N–H and O–H groups in total. The third kappa shape index (κ3) is 6.99. The van der Waals surface area contributed by atoms with Gasteiger partial charge >= 0.3 is 6.18 Å². The first kappa shape index (κ1) is 19.9. The van der Waals surface area contributed by atoms with Crippen LogP contribution in [0.2, 0.25) is 0 Å². The van der Waals surface area contributed by atoms with Gasteiger partial charge in [-0.25, -0.2) is 4.99 Å². The van der Waals surface area contributed by atoms with Crippen molar-refractivity contribution in [2.75, 3.05) is 19.0 Å². The number of hydrogen-bond donors (Lipinski definition) is 3.